The van der Waals surface area contributed by atoms with E-state index in [1.807, 2.05) is 4.90 Å². The molecule has 3 heterocycles. The summed E-state index contributed by atoms with van der Waals surface area (Å²) in [6, 6.07) is 0.667. The molecule has 2 fully saturated rings. The maximum absolute atomic E-state index is 12.3. The van der Waals surface area contributed by atoms with Crippen molar-refractivity contribution in [2.45, 2.75) is 38.1 Å². The third-order valence-electron chi connectivity index (χ3n) is 4.40. The normalized spacial score (nSPS) is 22.1. The maximum Gasteiger partial charge on any atom is 0.273 e. The minimum Gasteiger partial charge on any atom is -0.375 e. The molecule has 0 saturated carbocycles. The topological polar surface area (TPSA) is 62.5 Å². The first-order valence-electron chi connectivity index (χ1n) is 7.48. The Bertz CT molecular complexity index is 461. The van der Waals surface area contributed by atoms with Crippen LogP contribution in [0.4, 0.5) is 5.13 Å². The number of amides is 1. The molecule has 0 aromatic carbocycles. The van der Waals surface area contributed by atoms with Gasteiger partial charge in [-0.3, -0.25) is 4.79 Å². The van der Waals surface area contributed by atoms with Gasteiger partial charge in [-0.05, 0) is 38.8 Å². The van der Waals surface area contributed by atoms with Gasteiger partial charge in [0.1, 0.15) is 5.69 Å². The highest BCUT2D eigenvalue weighted by Gasteiger charge is 2.28. The molecule has 2 aliphatic heterocycles. The standard InChI is InChI=1S/C14H22N4OS/c15-14-16-12(10-20-14)13(19)18-8-4-11(5-9-18)17-6-2-1-3-7-17/h10-11H,1-9H2,(H2,15,16). The molecule has 1 aromatic rings. The Hall–Kier alpha value is -1.14. The highest BCUT2D eigenvalue weighted by atomic mass is 32.1. The Morgan fingerprint density at radius 2 is 1.90 bits per heavy atom. The van der Waals surface area contributed by atoms with Gasteiger partial charge in [-0.15, -0.1) is 11.3 Å². The van der Waals surface area contributed by atoms with Crippen LogP contribution in [0.1, 0.15) is 42.6 Å². The van der Waals surface area contributed by atoms with Crippen molar-refractivity contribution in [1.82, 2.24) is 14.8 Å². The molecule has 2 aliphatic rings. The van der Waals surface area contributed by atoms with Crippen LogP contribution in [-0.4, -0.2) is 52.9 Å². The zero-order valence-electron chi connectivity index (χ0n) is 11.8. The van der Waals surface area contributed by atoms with Crippen LogP contribution in [0.3, 0.4) is 0 Å². The van der Waals surface area contributed by atoms with Crippen LogP contribution in [-0.2, 0) is 0 Å². The molecule has 2 saturated heterocycles. The molecule has 6 heteroatoms. The first-order valence-corrected chi connectivity index (χ1v) is 8.36. The molecule has 2 N–H and O–H groups in total. The second-order valence-electron chi connectivity index (χ2n) is 5.69. The lowest BCUT2D eigenvalue weighted by molar-refractivity contribution is 0.0585. The fraction of sp³-hybridized carbons (Fsp3) is 0.714. The van der Waals surface area contributed by atoms with E-state index in [1.165, 1.54) is 43.7 Å². The van der Waals surface area contributed by atoms with Gasteiger partial charge >= 0.3 is 0 Å². The number of rotatable bonds is 2. The summed E-state index contributed by atoms with van der Waals surface area (Å²) in [5.74, 6) is 0.0371. The number of nitrogens with two attached hydrogens (primary N) is 1. The van der Waals surface area contributed by atoms with Crippen LogP contribution in [0.5, 0.6) is 0 Å². The fourth-order valence-electron chi connectivity index (χ4n) is 3.27. The number of thiazole rings is 1. The van der Waals surface area contributed by atoms with Crippen molar-refractivity contribution >= 4 is 22.4 Å². The molecule has 5 nitrogen and oxygen atoms in total. The van der Waals surface area contributed by atoms with Crippen LogP contribution in [0.15, 0.2) is 5.38 Å². The predicted octanol–water partition coefficient (Wildman–Crippen LogP) is 1.82. The average Bonchev–Trinajstić information content (AvgIpc) is 2.94. The zero-order chi connectivity index (χ0) is 13.9. The first kappa shape index (κ1) is 13.8. The van der Waals surface area contributed by atoms with Crippen molar-refractivity contribution in [1.29, 1.82) is 0 Å². The van der Waals surface area contributed by atoms with Crippen LogP contribution < -0.4 is 5.73 Å². The monoisotopic (exact) mass is 294 g/mol. The van der Waals surface area contributed by atoms with E-state index in [4.69, 9.17) is 5.73 Å². The van der Waals surface area contributed by atoms with E-state index in [-0.39, 0.29) is 5.91 Å². The summed E-state index contributed by atoms with van der Waals surface area (Å²) in [6.07, 6.45) is 6.21. The Morgan fingerprint density at radius 1 is 1.20 bits per heavy atom. The molecular formula is C14H22N4OS. The van der Waals surface area contributed by atoms with Gasteiger partial charge in [0.2, 0.25) is 0 Å². The van der Waals surface area contributed by atoms with Crippen molar-refractivity contribution in [2.75, 3.05) is 31.9 Å². The molecule has 0 bridgehead atoms. The largest absolute Gasteiger partial charge is 0.375 e. The van der Waals surface area contributed by atoms with E-state index in [9.17, 15) is 4.79 Å². The van der Waals surface area contributed by atoms with E-state index < -0.39 is 0 Å². The zero-order valence-corrected chi connectivity index (χ0v) is 12.6. The Kier molecular flexibility index (Phi) is 4.21. The van der Waals surface area contributed by atoms with E-state index in [1.54, 1.807) is 5.38 Å². The highest BCUT2D eigenvalue weighted by molar-refractivity contribution is 7.13. The fourth-order valence-corrected chi connectivity index (χ4v) is 3.80. The van der Waals surface area contributed by atoms with E-state index in [0.29, 0.717) is 16.9 Å². The Labute approximate surface area is 123 Å². The second kappa shape index (κ2) is 6.10. The molecule has 1 amide bonds. The van der Waals surface area contributed by atoms with Gasteiger partial charge in [0.15, 0.2) is 5.13 Å². The van der Waals surface area contributed by atoms with E-state index in [2.05, 4.69) is 9.88 Å². The average molecular weight is 294 g/mol. The van der Waals surface area contributed by atoms with Gasteiger partial charge in [-0.1, -0.05) is 6.42 Å². The van der Waals surface area contributed by atoms with Gasteiger partial charge in [-0.2, -0.15) is 0 Å². The first-order chi connectivity index (χ1) is 9.74. The van der Waals surface area contributed by atoms with Crippen LogP contribution in [0.25, 0.3) is 0 Å². The van der Waals surface area contributed by atoms with Crippen molar-refractivity contribution in [2.24, 2.45) is 0 Å². The third kappa shape index (κ3) is 2.96. The molecule has 0 radical (unpaired) electrons. The van der Waals surface area contributed by atoms with Gasteiger partial charge < -0.3 is 15.5 Å². The molecule has 0 unspecified atom stereocenters. The van der Waals surface area contributed by atoms with Gasteiger partial charge in [-0.25, -0.2) is 4.98 Å². The summed E-state index contributed by atoms with van der Waals surface area (Å²) < 4.78 is 0. The van der Waals surface area contributed by atoms with Crippen molar-refractivity contribution in [3.8, 4) is 0 Å². The number of anilines is 1. The molecule has 0 aliphatic carbocycles. The molecular weight excluding hydrogens is 272 g/mol. The second-order valence-corrected chi connectivity index (χ2v) is 6.58. The number of hydrogen-bond donors (Lipinski definition) is 1. The van der Waals surface area contributed by atoms with Crippen LogP contribution in [0.2, 0.25) is 0 Å². The summed E-state index contributed by atoms with van der Waals surface area (Å²) >= 11 is 1.33. The smallest absolute Gasteiger partial charge is 0.273 e. The van der Waals surface area contributed by atoms with Gasteiger partial charge in [0.05, 0.1) is 0 Å². The quantitative estimate of drug-likeness (QED) is 0.903. The lowest BCUT2D eigenvalue weighted by atomic mass is 10.00. The summed E-state index contributed by atoms with van der Waals surface area (Å²) in [5.41, 5.74) is 6.10. The number of carbonyl (C=O) groups is 1. The molecule has 0 spiro atoms. The van der Waals surface area contributed by atoms with Crippen LogP contribution >= 0.6 is 11.3 Å². The number of likely N-dealkylation sites (tertiary alicyclic amines) is 2. The van der Waals surface area contributed by atoms with Crippen molar-refractivity contribution in [3.63, 3.8) is 0 Å². The van der Waals surface area contributed by atoms with Crippen LogP contribution in [0, 0.1) is 0 Å². The van der Waals surface area contributed by atoms with E-state index in [0.717, 1.165) is 25.9 Å². The number of piperidine rings is 2. The maximum atomic E-state index is 12.3. The summed E-state index contributed by atoms with van der Waals surface area (Å²) in [6.45, 7) is 4.16. The predicted molar refractivity (Wildman–Crippen MR) is 80.9 cm³/mol. The minimum atomic E-state index is 0.0371. The van der Waals surface area contributed by atoms with Gasteiger partial charge in [0.25, 0.3) is 5.91 Å². The summed E-state index contributed by atoms with van der Waals surface area (Å²) in [4.78, 5) is 20.9. The molecule has 110 valence electrons. The molecule has 1 aromatic heterocycles. The SMILES string of the molecule is Nc1nc(C(=O)N2CCC(N3CCCCC3)CC2)cs1. The number of nitrogens with zero attached hydrogens (tertiary/aromatic N) is 3. The highest BCUT2D eigenvalue weighted by Crippen LogP contribution is 2.22. The number of aromatic nitrogens is 1. The Balaban J connectivity index is 1.54. The van der Waals surface area contributed by atoms with Crippen molar-refractivity contribution < 1.29 is 4.79 Å². The molecule has 0 atom stereocenters. The Morgan fingerprint density at radius 3 is 2.50 bits per heavy atom. The minimum absolute atomic E-state index is 0.0371. The third-order valence-corrected chi connectivity index (χ3v) is 5.07. The van der Waals surface area contributed by atoms with Crippen molar-refractivity contribution in [3.05, 3.63) is 11.1 Å². The number of carbonyl (C=O) groups excluding carboxylic acids is 1. The molecule has 3 rings (SSSR count). The lowest BCUT2D eigenvalue weighted by Gasteiger charge is -2.40. The summed E-state index contributed by atoms with van der Waals surface area (Å²) in [7, 11) is 0. The van der Waals surface area contributed by atoms with E-state index >= 15 is 0 Å². The number of hydrogen-bond acceptors (Lipinski definition) is 5. The number of nitrogen functional groups attached to an aromatic ring is 1. The molecule has 20 heavy (non-hydrogen) atoms. The summed E-state index contributed by atoms with van der Waals surface area (Å²) in [5, 5.41) is 2.23. The van der Waals surface area contributed by atoms with Gasteiger partial charge in [0, 0.05) is 24.5 Å². The lowest BCUT2D eigenvalue weighted by Crippen LogP contribution is -2.48.